The zero-order valence-electron chi connectivity index (χ0n) is 27.7. The lowest BCUT2D eigenvalue weighted by atomic mass is 9.56. The van der Waals surface area contributed by atoms with Crippen molar-refractivity contribution < 1.29 is 73.2 Å². The zero-order chi connectivity index (χ0) is 36.8. The summed E-state index contributed by atoms with van der Waals surface area (Å²) in [6.45, 7) is 3.06. The highest BCUT2D eigenvalue weighted by molar-refractivity contribution is 6.31. The molecule has 2 aromatic rings. The van der Waals surface area contributed by atoms with Gasteiger partial charge in [-0.1, -0.05) is 6.07 Å². The van der Waals surface area contributed by atoms with Crippen LogP contribution in [0.4, 0.5) is 0 Å². The highest BCUT2D eigenvalue weighted by atomic mass is 16.6. The standard InChI is InChI=1S/C34H35NO15/c1-11-7-13-8-18(37)34(49-6)30(43)21-15(29(42)33(34,45)22(13)25(40)19(11)32(44)48-5)9-14-20(24(21)39)17(36)10-16(23(14)38)35-31-28(47-4)26(41)27(46-3)12(2)50-31/h7,9-10,12,18,26-28,31,35,37,39-41,45H,8H2,1-6H3/t12-,18?,26+,27-,28+,31+,33?,34?/m0/s1. The second-order valence-corrected chi connectivity index (χ2v) is 12.6. The van der Waals surface area contributed by atoms with Gasteiger partial charge in [0, 0.05) is 50.5 Å². The molecule has 1 fully saturated rings. The van der Waals surface area contributed by atoms with Gasteiger partial charge in [0.05, 0.1) is 36.1 Å². The van der Waals surface area contributed by atoms with Gasteiger partial charge in [0.15, 0.2) is 23.2 Å². The number of nitrogens with one attached hydrogen (secondary N) is 1. The highest BCUT2D eigenvalue weighted by Gasteiger charge is 2.72. The number of carbonyl (C=O) groups excluding carboxylic acids is 5. The summed E-state index contributed by atoms with van der Waals surface area (Å²) in [4.78, 5) is 69.1. The lowest BCUT2D eigenvalue weighted by Crippen LogP contribution is -2.73. The fourth-order valence-electron chi connectivity index (χ4n) is 7.85. The van der Waals surface area contributed by atoms with Gasteiger partial charge in [-0.05, 0) is 31.0 Å². The van der Waals surface area contributed by atoms with E-state index >= 15 is 0 Å². The lowest BCUT2D eigenvalue weighted by Gasteiger charge is -2.52. The topological polar surface area (TPSA) is 245 Å². The molecule has 2 aromatic carbocycles. The Labute approximate surface area is 284 Å². The van der Waals surface area contributed by atoms with Crippen LogP contribution in [0.2, 0.25) is 0 Å². The number of phenolic OH excluding ortho intramolecular Hbond substituents is 2. The molecule has 6 rings (SSSR count). The number of Topliss-reactive ketones (excluding diaryl/α,β-unsaturated/α-hetero) is 3. The summed E-state index contributed by atoms with van der Waals surface area (Å²) in [5.74, 6) is -7.67. The number of hydrogen-bond acceptors (Lipinski definition) is 16. The molecule has 16 heteroatoms. The molecule has 3 unspecified atom stereocenters. The molecule has 1 saturated heterocycles. The summed E-state index contributed by atoms with van der Waals surface area (Å²) in [6.07, 6.45) is -6.55. The molecular formula is C34H35NO15. The molecular weight excluding hydrogens is 662 g/mol. The minimum atomic E-state index is -3.23. The van der Waals surface area contributed by atoms with Crippen LogP contribution in [0.25, 0.3) is 0 Å². The summed E-state index contributed by atoms with van der Waals surface area (Å²) in [5, 5.41) is 60.3. The Morgan fingerprint density at radius 1 is 0.940 bits per heavy atom. The van der Waals surface area contributed by atoms with Crippen LogP contribution in [0.15, 0.2) is 23.9 Å². The number of aliphatic hydroxyl groups is 3. The van der Waals surface area contributed by atoms with Gasteiger partial charge in [-0.25, -0.2) is 4.79 Å². The maximum absolute atomic E-state index is 14.6. The number of phenols is 2. The Hall–Kier alpha value is -4.55. The van der Waals surface area contributed by atoms with E-state index in [4.69, 9.17) is 23.7 Å². The van der Waals surface area contributed by atoms with Crippen molar-refractivity contribution >= 4 is 29.1 Å². The Morgan fingerprint density at radius 3 is 2.20 bits per heavy atom. The summed E-state index contributed by atoms with van der Waals surface area (Å²) in [5.41, 5.74) is -10.1. The minimum Gasteiger partial charge on any atom is -0.507 e. The fraction of sp³-hybridized carbons (Fsp3) is 0.441. The van der Waals surface area contributed by atoms with E-state index in [9.17, 15) is 49.5 Å². The molecule has 1 aliphatic heterocycles. The first kappa shape index (κ1) is 35.3. The van der Waals surface area contributed by atoms with E-state index in [1.807, 2.05) is 0 Å². The van der Waals surface area contributed by atoms with Crippen LogP contribution in [0, 0.1) is 6.92 Å². The number of ether oxygens (including phenoxy) is 5. The first-order chi connectivity index (χ1) is 23.6. The number of fused-ring (bicyclic) bond motifs is 5. The van der Waals surface area contributed by atoms with Gasteiger partial charge in [0.2, 0.25) is 17.3 Å². The summed E-state index contributed by atoms with van der Waals surface area (Å²) in [7, 11) is 4.62. The molecule has 4 aliphatic rings. The number of rotatable bonds is 6. The molecule has 0 radical (unpaired) electrons. The number of benzene rings is 2. The van der Waals surface area contributed by atoms with Crippen molar-refractivity contribution in [1.82, 2.24) is 5.32 Å². The molecule has 0 bridgehead atoms. The Morgan fingerprint density at radius 2 is 1.60 bits per heavy atom. The number of aromatic hydroxyl groups is 2. The molecule has 16 nitrogen and oxygen atoms in total. The average molecular weight is 698 g/mol. The largest absolute Gasteiger partial charge is 0.507 e. The monoisotopic (exact) mass is 697 g/mol. The average Bonchev–Trinajstić information content (AvgIpc) is 3.05. The number of ketones is 4. The molecule has 0 aromatic heterocycles. The molecule has 1 heterocycles. The fourth-order valence-corrected chi connectivity index (χ4v) is 7.85. The van der Waals surface area contributed by atoms with Gasteiger partial charge in [-0.2, -0.15) is 0 Å². The number of carbonyl (C=O) groups is 5. The van der Waals surface area contributed by atoms with Crippen molar-refractivity contribution in [2.45, 2.75) is 68.2 Å². The molecule has 8 atom stereocenters. The number of allylic oxidation sites excluding steroid dienone is 2. The Balaban J connectivity index is 1.51. The smallest absolute Gasteiger partial charge is 0.341 e. The van der Waals surface area contributed by atoms with Crippen LogP contribution >= 0.6 is 0 Å². The van der Waals surface area contributed by atoms with Crippen LogP contribution in [0.5, 0.6) is 11.5 Å². The molecule has 0 saturated carbocycles. The predicted octanol–water partition coefficient (Wildman–Crippen LogP) is -0.250. The molecule has 0 amide bonds. The van der Waals surface area contributed by atoms with Crippen LogP contribution in [-0.4, -0.2) is 125 Å². The van der Waals surface area contributed by atoms with Gasteiger partial charge in [-0.15, -0.1) is 0 Å². The van der Waals surface area contributed by atoms with Crippen molar-refractivity contribution in [1.29, 1.82) is 0 Å². The van der Waals surface area contributed by atoms with Crippen molar-refractivity contribution in [2.75, 3.05) is 28.4 Å². The summed E-state index contributed by atoms with van der Waals surface area (Å²) in [6, 6.07) is 2.18. The lowest BCUT2D eigenvalue weighted by molar-refractivity contribution is -0.236. The van der Waals surface area contributed by atoms with E-state index in [0.717, 1.165) is 26.4 Å². The SMILES string of the molecule is COC(=O)c1c(C)cc2c(c1O)C1(O)C(=O)c3cc4c(c(O)c3C(=O)C1(OC)C(O)C2)C(=O)C=C(N[C@@H]1O[C@@H](C)[C@H](OC)[C@@H](O)[C@H]1OC)C4=O. The number of aryl methyl sites for hydroxylation is 1. The first-order valence-electron chi connectivity index (χ1n) is 15.4. The van der Waals surface area contributed by atoms with E-state index in [0.29, 0.717) is 0 Å². The molecule has 266 valence electrons. The normalized spacial score (nSPS) is 31.7. The van der Waals surface area contributed by atoms with Crippen LogP contribution in [0.1, 0.15) is 75.4 Å². The number of methoxy groups -OCH3 is 4. The predicted molar refractivity (Wildman–Crippen MR) is 166 cm³/mol. The van der Waals surface area contributed by atoms with E-state index in [2.05, 4.69) is 5.32 Å². The highest BCUT2D eigenvalue weighted by Crippen LogP contribution is 2.56. The summed E-state index contributed by atoms with van der Waals surface area (Å²) >= 11 is 0. The van der Waals surface area contributed by atoms with Gasteiger partial charge < -0.3 is 54.5 Å². The van der Waals surface area contributed by atoms with Crippen molar-refractivity contribution in [3.05, 3.63) is 68.4 Å². The van der Waals surface area contributed by atoms with E-state index in [1.54, 1.807) is 6.92 Å². The van der Waals surface area contributed by atoms with Crippen molar-refractivity contribution in [3.63, 3.8) is 0 Å². The van der Waals surface area contributed by atoms with Gasteiger partial charge in [-0.3, -0.25) is 19.2 Å². The van der Waals surface area contributed by atoms with Crippen molar-refractivity contribution in [3.8, 4) is 11.5 Å². The minimum absolute atomic E-state index is 0.00455. The Bertz CT molecular complexity index is 1920. The first-order valence-corrected chi connectivity index (χ1v) is 15.4. The summed E-state index contributed by atoms with van der Waals surface area (Å²) < 4.78 is 26.8. The van der Waals surface area contributed by atoms with Crippen LogP contribution in [0.3, 0.4) is 0 Å². The quantitative estimate of drug-likeness (QED) is 0.213. The van der Waals surface area contributed by atoms with E-state index in [1.165, 1.54) is 27.2 Å². The second kappa shape index (κ2) is 12.1. The number of aliphatic hydroxyl groups excluding tert-OH is 2. The second-order valence-electron chi connectivity index (χ2n) is 12.6. The van der Waals surface area contributed by atoms with Gasteiger partial charge in [0.25, 0.3) is 0 Å². The van der Waals surface area contributed by atoms with Crippen LogP contribution < -0.4 is 5.32 Å². The van der Waals surface area contributed by atoms with E-state index < -0.39 is 128 Å². The Kier molecular flexibility index (Phi) is 8.50. The molecule has 0 spiro atoms. The molecule has 3 aliphatic carbocycles. The maximum Gasteiger partial charge on any atom is 0.341 e. The zero-order valence-corrected chi connectivity index (χ0v) is 27.7. The molecule has 50 heavy (non-hydrogen) atoms. The number of hydrogen-bond donors (Lipinski definition) is 6. The number of esters is 1. The third-order valence-electron chi connectivity index (χ3n) is 10.2. The third kappa shape index (κ3) is 4.40. The van der Waals surface area contributed by atoms with E-state index in [-0.39, 0.29) is 16.8 Å². The van der Waals surface area contributed by atoms with Gasteiger partial charge >= 0.3 is 5.97 Å². The maximum atomic E-state index is 14.6. The van der Waals surface area contributed by atoms with Crippen LogP contribution in [-0.2, 0) is 35.7 Å². The molecule has 6 N–H and O–H groups in total. The third-order valence-corrected chi connectivity index (χ3v) is 10.2. The van der Waals surface area contributed by atoms with Gasteiger partial charge in [0.1, 0.15) is 35.4 Å². The van der Waals surface area contributed by atoms with Crippen molar-refractivity contribution in [2.24, 2.45) is 0 Å².